The van der Waals surface area contributed by atoms with Crippen molar-refractivity contribution in [3.8, 4) is 5.75 Å². The fourth-order valence-corrected chi connectivity index (χ4v) is 5.81. The number of halogens is 2. The lowest BCUT2D eigenvalue weighted by Crippen LogP contribution is -2.59. The second kappa shape index (κ2) is 9.98. The van der Waals surface area contributed by atoms with Crippen LogP contribution in [0.15, 0.2) is 18.2 Å². The molecule has 9 nitrogen and oxygen atoms in total. The van der Waals surface area contributed by atoms with Gasteiger partial charge in [0.2, 0.25) is 21.8 Å². The SMILES string of the molecule is CN[C@@H](C)C(=O)N[C@H](C(=O)N1CC[C@@H]2[C@H]1[C@@H](Oc1ccc(F)c(F)c1)CN2S(C)(=O)=O)C(C)(C)C. The molecule has 0 bridgehead atoms. The Labute approximate surface area is 205 Å². The number of ether oxygens (including phenoxy) is 1. The Morgan fingerprint density at radius 3 is 2.40 bits per heavy atom. The molecule has 0 radical (unpaired) electrons. The van der Waals surface area contributed by atoms with Crippen molar-refractivity contribution in [1.29, 1.82) is 0 Å². The zero-order valence-corrected chi connectivity index (χ0v) is 21.7. The summed E-state index contributed by atoms with van der Waals surface area (Å²) >= 11 is 0. The topological polar surface area (TPSA) is 108 Å². The van der Waals surface area contributed by atoms with E-state index >= 15 is 0 Å². The molecule has 0 spiro atoms. The molecule has 3 rings (SSSR count). The van der Waals surface area contributed by atoms with Crippen LogP contribution in [0.1, 0.15) is 34.1 Å². The summed E-state index contributed by atoms with van der Waals surface area (Å²) < 4.78 is 59.4. The molecule has 0 aliphatic carbocycles. The number of likely N-dealkylation sites (tertiary alicyclic amines) is 1. The van der Waals surface area contributed by atoms with E-state index in [1.165, 1.54) is 10.4 Å². The molecular weight excluding hydrogens is 482 g/mol. The highest BCUT2D eigenvalue weighted by Crippen LogP contribution is 2.37. The molecule has 196 valence electrons. The first kappa shape index (κ1) is 27.3. The molecule has 2 saturated heterocycles. The summed E-state index contributed by atoms with van der Waals surface area (Å²) in [5.74, 6) is -2.78. The van der Waals surface area contributed by atoms with Crippen molar-refractivity contribution in [2.45, 2.75) is 64.4 Å². The largest absolute Gasteiger partial charge is 0.487 e. The molecule has 2 amide bonds. The van der Waals surface area contributed by atoms with Crippen molar-refractivity contribution >= 4 is 21.8 Å². The number of carbonyl (C=O) groups excluding carboxylic acids is 2. The average Bonchev–Trinajstić information content (AvgIpc) is 3.33. The monoisotopic (exact) mass is 516 g/mol. The summed E-state index contributed by atoms with van der Waals surface area (Å²) in [6, 6.07) is 0.500. The maximum atomic E-state index is 13.8. The van der Waals surface area contributed by atoms with Gasteiger partial charge in [-0.05, 0) is 37.9 Å². The number of rotatable bonds is 7. The number of likely N-dealkylation sites (N-methyl/N-ethyl adjacent to an activating group) is 1. The predicted molar refractivity (Wildman–Crippen MR) is 126 cm³/mol. The number of nitrogens with zero attached hydrogens (tertiary/aromatic N) is 2. The van der Waals surface area contributed by atoms with Crippen molar-refractivity contribution in [3.63, 3.8) is 0 Å². The van der Waals surface area contributed by atoms with Crippen molar-refractivity contribution < 1.29 is 31.5 Å². The van der Waals surface area contributed by atoms with E-state index in [4.69, 9.17) is 4.74 Å². The fraction of sp³-hybridized carbons (Fsp3) is 0.652. The first-order chi connectivity index (χ1) is 16.1. The summed E-state index contributed by atoms with van der Waals surface area (Å²) in [6.45, 7) is 7.40. The summed E-state index contributed by atoms with van der Waals surface area (Å²) in [7, 11) is -1.98. The van der Waals surface area contributed by atoms with Gasteiger partial charge in [-0.1, -0.05) is 20.8 Å². The van der Waals surface area contributed by atoms with Gasteiger partial charge >= 0.3 is 0 Å². The van der Waals surface area contributed by atoms with Gasteiger partial charge in [-0.15, -0.1) is 0 Å². The van der Waals surface area contributed by atoms with E-state index in [9.17, 15) is 26.8 Å². The van der Waals surface area contributed by atoms with Crippen LogP contribution in [0.4, 0.5) is 8.78 Å². The van der Waals surface area contributed by atoms with Crippen molar-refractivity contribution in [3.05, 3.63) is 29.8 Å². The highest BCUT2D eigenvalue weighted by atomic mass is 32.2. The zero-order chi connectivity index (χ0) is 26.3. The first-order valence-electron chi connectivity index (χ1n) is 11.5. The maximum absolute atomic E-state index is 13.8. The molecule has 2 aliphatic heterocycles. The smallest absolute Gasteiger partial charge is 0.246 e. The van der Waals surface area contributed by atoms with Gasteiger partial charge in [-0.2, -0.15) is 4.31 Å². The van der Waals surface area contributed by atoms with Crippen LogP contribution in [-0.4, -0.2) is 86.1 Å². The molecule has 2 aliphatic rings. The molecule has 5 atom stereocenters. The molecule has 1 aromatic carbocycles. The molecule has 0 unspecified atom stereocenters. The van der Waals surface area contributed by atoms with Crippen LogP contribution >= 0.6 is 0 Å². The summed E-state index contributed by atoms with van der Waals surface area (Å²) in [5, 5.41) is 5.67. The molecule has 0 aromatic heterocycles. The van der Waals surface area contributed by atoms with Crippen molar-refractivity contribution in [2.75, 3.05) is 26.4 Å². The summed E-state index contributed by atoms with van der Waals surface area (Å²) in [5.41, 5.74) is -0.635. The Morgan fingerprint density at radius 2 is 1.86 bits per heavy atom. The maximum Gasteiger partial charge on any atom is 0.246 e. The van der Waals surface area contributed by atoms with Gasteiger partial charge in [0.1, 0.15) is 17.9 Å². The molecule has 0 saturated carbocycles. The first-order valence-corrected chi connectivity index (χ1v) is 13.4. The highest BCUT2D eigenvalue weighted by Gasteiger charge is 2.55. The minimum atomic E-state index is -3.62. The van der Waals surface area contributed by atoms with Crippen molar-refractivity contribution in [2.24, 2.45) is 5.41 Å². The standard InChI is InChI=1S/C23H34F2N4O5S/c1-13(26-5)21(30)27-20(23(2,3)4)22(31)28-10-9-17-19(28)18(12-29(17)35(6,32)33)34-14-7-8-15(24)16(25)11-14/h7-8,11,13,17-20,26H,9-10,12H2,1-6H3,(H,27,30)/t13-,17+,18-,19-,20+/m0/s1. The van der Waals surface area contributed by atoms with Gasteiger partial charge in [0.05, 0.1) is 30.9 Å². The Kier molecular flexibility index (Phi) is 7.78. The van der Waals surface area contributed by atoms with E-state index in [2.05, 4.69) is 10.6 Å². The van der Waals surface area contributed by atoms with E-state index in [1.54, 1.807) is 18.9 Å². The lowest BCUT2D eigenvalue weighted by Gasteiger charge is -2.37. The van der Waals surface area contributed by atoms with Crippen LogP contribution in [-0.2, 0) is 19.6 Å². The van der Waals surface area contributed by atoms with E-state index in [0.717, 1.165) is 18.4 Å². The van der Waals surface area contributed by atoms with Gasteiger partial charge in [-0.25, -0.2) is 17.2 Å². The highest BCUT2D eigenvalue weighted by molar-refractivity contribution is 7.88. The van der Waals surface area contributed by atoms with Crippen LogP contribution < -0.4 is 15.4 Å². The second-order valence-electron chi connectivity index (χ2n) is 10.3. The third-order valence-electron chi connectivity index (χ3n) is 6.64. The fourth-order valence-electron chi connectivity index (χ4n) is 4.67. The third-order valence-corrected chi connectivity index (χ3v) is 7.92. The van der Waals surface area contributed by atoms with Gasteiger partial charge in [-0.3, -0.25) is 9.59 Å². The lowest BCUT2D eigenvalue weighted by atomic mass is 9.85. The molecule has 12 heteroatoms. The molecule has 35 heavy (non-hydrogen) atoms. The zero-order valence-electron chi connectivity index (χ0n) is 20.8. The normalized spacial score (nSPS) is 24.7. The number of hydrogen-bond acceptors (Lipinski definition) is 6. The Hall–Kier alpha value is -2.31. The number of sulfonamides is 1. The molecule has 2 fully saturated rings. The summed E-state index contributed by atoms with van der Waals surface area (Å²) in [6.07, 6.45) is 0.670. The van der Waals surface area contributed by atoms with Gasteiger partial charge < -0.3 is 20.3 Å². The van der Waals surface area contributed by atoms with Crippen LogP contribution in [0.2, 0.25) is 0 Å². The average molecular weight is 517 g/mol. The second-order valence-corrected chi connectivity index (χ2v) is 12.2. The molecule has 2 N–H and O–H groups in total. The van der Waals surface area contributed by atoms with Crippen LogP contribution in [0.3, 0.4) is 0 Å². The molecule has 1 aromatic rings. The van der Waals surface area contributed by atoms with E-state index < -0.39 is 57.3 Å². The number of hydrogen-bond donors (Lipinski definition) is 2. The van der Waals surface area contributed by atoms with Gasteiger partial charge in [0, 0.05) is 12.6 Å². The number of fused-ring (bicyclic) bond motifs is 1. The van der Waals surface area contributed by atoms with Crippen LogP contribution in [0.25, 0.3) is 0 Å². The molecule has 2 heterocycles. The van der Waals surface area contributed by atoms with E-state index in [-0.39, 0.29) is 30.7 Å². The lowest BCUT2D eigenvalue weighted by molar-refractivity contribution is -0.141. The Bertz CT molecular complexity index is 1080. The molecular formula is C23H34F2N4O5S. The minimum absolute atomic E-state index is 0.0332. The number of benzene rings is 1. The van der Waals surface area contributed by atoms with Crippen molar-refractivity contribution in [1.82, 2.24) is 19.8 Å². The van der Waals surface area contributed by atoms with Gasteiger partial charge in [0.25, 0.3) is 0 Å². The number of carbonyl (C=O) groups is 2. The predicted octanol–water partition coefficient (Wildman–Crippen LogP) is 1.10. The van der Waals surface area contributed by atoms with E-state index in [0.29, 0.717) is 6.42 Å². The Balaban J connectivity index is 1.93. The third kappa shape index (κ3) is 5.75. The quantitative estimate of drug-likeness (QED) is 0.562. The van der Waals surface area contributed by atoms with Crippen LogP contribution in [0.5, 0.6) is 5.75 Å². The van der Waals surface area contributed by atoms with Crippen LogP contribution in [0, 0.1) is 17.0 Å². The number of nitrogens with one attached hydrogen (secondary N) is 2. The summed E-state index contributed by atoms with van der Waals surface area (Å²) in [4.78, 5) is 28.0. The number of amides is 2. The minimum Gasteiger partial charge on any atom is -0.487 e. The van der Waals surface area contributed by atoms with E-state index in [1.807, 2.05) is 20.8 Å². The Morgan fingerprint density at radius 1 is 1.20 bits per heavy atom. The van der Waals surface area contributed by atoms with Gasteiger partial charge in [0.15, 0.2) is 11.6 Å².